The molecule has 5 nitrogen and oxygen atoms in total. The quantitative estimate of drug-likeness (QED) is 0.605. The summed E-state index contributed by atoms with van der Waals surface area (Å²) in [5.41, 5.74) is 0.499. The maximum absolute atomic E-state index is 11.6. The minimum absolute atomic E-state index is 0.103. The molecule has 0 aliphatic carbocycles. The number of esters is 1. The van der Waals surface area contributed by atoms with E-state index in [1.54, 1.807) is 24.3 Å². The van der Waals surface area contributed by atoms with Crippen LogP contribution in [0.1, 0.15) is 10.4 Å². The van der Waals surface area contributed by atoms with Gasteiger partial charge in [0.1, 0.15) is 24.9 Å². The number of hydrogen-bond acceptors (Lipinski definition) is 5. The van der Waals surface area contributed by atoms with E-state index in [2.05, 4.69) is 0 Å². The van der Waals surface area contributed by atoms with Gasteiger partial charge < -0.3 is 19.3 Å². The zero-order valence-electron chi connectivity index (χ0n) is 8.98. The van der Waals surface area contributed by atoms with Crippen LogP contribution in [0.4, 0.5) is 0 Å². The SMILES string of the molecule is O=C(OC[C@@H]1O[C@@H](O)C2OC21)c1ccccc1. The van der Waals surface area contributed by atoms with Crippen LogP contribution >= 0.6 is 0 Å². The summed E-state index contributed by atoms with van der Waals surface area (Å²) >= 11 is 0. The van der Waals surface area contributed by atoms with Crippen molar-refractivity contribution in [2.24, 2.45) is 0 Å². The molecule has 2 heterocycles. The Morgan fingerprint density at radius 3 is 2.59 bits per heavy atom. The molecule has 0 saturated carbocycles. The van der Waals surface area contributed by atoms with Crippen molar-refractivity contribution in [3.63, 3.8) is 0 Å². The Kier molecular flexibility index (Phi) is 2.58. The molecule has 1 aromatic rings. The number of aliphatic hydroxyl groups is 1. The van der Waals surface area contributed by atoms with Crippen LogP contribution in [0.5, 0.6) is 0 Å². The van der Waals surface area contributed by atoms with Crippen molar-refractivity contribution in [2.75, 3.05) is 6.61 Å². The molecule has 17 heavy (non-hydrogen) atoms. The monoisotopic (exact) mass is 236 g/mol. The summed E-state index contributed by atoms with van der Waals surface area (Å²) in [5, 5.41) is 9.30. The third-order valence-electron chi connectivity index (χ3n) is 2.91. The number of rotatable bonds is 3. The largest absolute Gasteiger partial charge is 0.459 e. The molecule has 1 N–H and O–H groups in total. The van der Waals surface area contributed by atoms with E-state index >= 15 is 0 Å². The molecule has 4 atom stereocenters. The van der Waals surface area contributed by atoms with E-state index in [-0.39, 0.29) is 24.9 Å². The second-order valence-corrected chi connectivity index (χ2v) is 4.09. The lowest BCUT2D eigenvalue weighted by molar-refractivity contribution is -0.150. The molecule has 3 rings (SSSR count). The Hall–Kier alpha value is -1.43. The van der Waals surface area contributed by atoms with Crippen molar-refractivity contribution in [3.8, 4) is 0 Å². The first kappa shape index (κ1) is 10.7. The van der Waals surface area contributed by atoms with Crippen LogP contribution in [0.3, 0.4) is 0 Å². The minimum atomic E-state index is -0.888. The Bertz CT molecular complexity index is 418. The van der Waals surface area contributed by atoms with Gasteiger partial charge in [-0.05, 0) is 12.1 Å². The van der Waals surface area contributed by atoms with E-state index < -0.39 is 12.3 Å². The van der Waals surface area contributed by atoms with Crippen LogP contribution in [0, 0.1) is 0 Å². The molecule has 0 amide bonds. The maximum atomic E-state index is 11.6. The van der Waals surface area contributed by atoms with Gasteiger partial charge in [-0.2, -0.15) is 0 Å². The highest BCUT2D eigenvalue weighted by molar-refractivity contribution is 5.89. The Balaban J connectivity index is 1.53. The molecule has 5 heteroatoms. The number of hydrogen-bond donors (Lipinski definition) is 1. The lowest BCUT2D eigenvalue weighted by Gasteiger charge is -2.13. The van der Waals surface area contributed by atoms with E-state index in [1.807, 2.05) is 6.07 Å². The molecule has 2 fully saturated rings. The van der Waals surface area contributed by atoms with Gasteiger partial charge in [0.15, 0.2) is 6.29 Å². The predicted molar refractivity (Wildman–Crippen MR) is 56.3 cm³/mol. The molecule has 90 valence electrons. The fourth-order valence-corrected chi connectivity index (χ4v) is 1.95. The number of ether oxygens (including phenoxy) is 3. The molecule has 0 radical (unpaired) electrons. The number of fused-ring (bicyclic) bond motifs is 1. The first-order chi connectivity index (χ1) is 8.25. The van der Waals surface area contributed by atoms with E-state index in [1.165, 1.54) is 0 Å². The third-order valence-corrected chi connectivity index (χ3v) is 2.91. The second-order valence-electron chi connectivity index (χ2n) is 4.09. The molecule has 0 bridgehead atoms. The average Bonchev–Trinajstić information content (AvgIpc) is 3.09. The number of epoxide rings is 1. The normalized spacial score (nSPS) is 34.2. The minimum Gasteiger partial charge on any atom is -0.459 e. The van der Waals surface area contributed by atoms with E-state index in [0.29, 0.717) is 5.56 Å². The Morgan fingerprint density at radius 2 is 2.00 bits per heavy atom. The first-order valence-corrected chi connectivity index (χ1v) is 5.47. The van der Waals surface area contributed by atoms with Crippen molar-refractivity contribution in [3.05, 3.63) is 35.9 Å². The van der Waals surface area contributed by atoms with E-state index in [9.17, 15) is 9.90 Å². The molecule has 0 spiro atoms. The molecule has 2 unspecified atom stereocenters. The third kappa shape index (κ3) is 2.04. The highest BCUT2D eigenvalue weighted by Gasteiger charge is 2.58. The Morgan fingerprint density at radius 1 is 1.24 bits per heavy atom. The van der Waals surface area contributed by atoms with Crippen LogP contribution in [-0.4, -0.2) is 42.3 Å². The van der Waals surface area contributed by atoms with Gasteiger partial charge in [0.25, 0.3) is 0 Å². The molecule has 2 aliphatic rings. The van der Waals surface area contributed by atoms with Gasteiger partial charge in [-0.3, -0.25) is 0 Å². The summed E-state index contributed by atoms with van der Waals surface area (Å²) in [6.45, 7) is 0.103. The summed E-state index contributed by atoms with van der Waals surface area (Å²) in [6.07, 6.45) is -1.62. The average molecular weight is 236 g/mol. The van der Waals surface area contributed by atoms with Crippen molar-refractivity contribution in [2.45, 2.75) is 24.6 Å². The van der Waals surface area contributed by atoms with Gasteiger partial charge in [0.05, 0.1) is 5.56 Å². The lowest BCUT2D eigenvalue weighted by atomic mass is 10.2. The molecule has 1 aromatic carbocycles. The van der Waals surface area contributed by atoms with E-state index in [0.717, 1.165) is 0 Å². The zero-order chi connectivity index (χ0) is 11.8. The van der Waals surface area contributed by atoms with Gasteiger partial charge in [-0.1, -0.05) is 18.2 Å². The number of benzene rings is 1. The number of aliphatic hydroxyl groups excluding tert-OH is 1. The molecule has 0 aromatic heterocycles. The smallest absolute Gasteiger partial charge is 0.338 e. The maximum Gasteiger partial charge on any atom is 0.338 e. The summed E-state index contributed by atoms with van der Waals surface area (Å²) in [5.74, 6) is -0.396. The molecule has 2 saturated heterocycles. The highest BCUT2D eigenvalue weighted by atomic mass is 16.7. The number of carbonyl (C=O) groups is 1. The zero-order valence-corrected chi connectivity index (χ0v) is 8.98. The summed E-state index contributed by atoms with van der Waals surface area (Å²) in [6, 6.07) is 8.74. The van der Waals surface area contributed by atoms with Crippen LogP contribution in [0.15, 0.2) is 30.3 Å². The van der Waals surface area contributed by atoms with Crippen LogP contribution in [-0.2, 0) is 14.2 Å². The van der Waals surface area contributed by atoms with Gasteiger partial charge in [-0.25, -0.2) is 4.79 Å². The van der Waals surface area contributed by atoms with Crippen LogP contribution < -0.4 is 0 Å². The van der Waals surface area contributed by atoms with Crippen molar-refractivity contribution < 1.29 is 24.1 Å². The first-order valence-electron chi connectivity index (χ1n) is 5.47. The standard InChI is InChI=1S/C12H12O5/c13-11(7-4-2-1-3-5-7)15-6-8-9-10(17-9)12(14)16-8/h1-5,8-10,12,14H,6H2/t8-,9?,10?,12+/m0/s1. The topological polar surface area (TPSA) is 68.3 Å². The van der Waals surface area contributed by atoms with Gasteiger partial charge in [0, 0.05) is 0 Å². The van der Waals surface area contributed by atoms with Crippen molar-refractivity contribution in [1.82, 2.24) is 0 Å². The van der Waals surface area contributed by atoms with Crippen LogP contribution in [0.25, 0.3) is 0 Å². The second kappa shape index (κ2) is 4.10. The van der Waals surface area contributed by atoms with Gasteiger partial charge in [-0.15, -0.1) is 0 Å². The van der Waals surface area contributed by atoms with Gasteiger partial charge >= 0.3 is 5.97 Å². The summed E-state index contributed by atoms with van der Waals surface area (Å²) < 4.78 is 15.4. The van der Waals surface area contributed by atoms with E-state index in [4.69, 9.17) is 14.2 Å². The Labute approximate surface area is 97.9 Å². The highest BCUT2D eigenvalue weighted by Crippen LogP contribution is 2.38. The molecular weight excluding hydrogens is 224 g/mol. The van der Waals surface area contributed by atoms with Crippen molar-refractivity contribution in [1.29, 1.82) is 0 Å². The fourth-order valence-electron chi connectivity index (χ4n) is 1.95. The fraction of sp³-hybridized carbons (Fsp3) is 0.417. The summed E-state index contributed by atoms with van der Waals surface area (Å²) in [4.78, 5) is 11.6. The van der Waals surface area contributed by atoms with Crippen molar-refractivity contribution >= 4 is 5.97 Å². The summed E-state index contributed by atoms with van der Waals surface area (Å²) in [7, 11) is 0. The molecule has 2 aliphatic heterocycles. The van der Waals surface area contributed by atoms with Gasteiger partial charge in [0.2, 0.25) is 0 Å². The predicted octanol–water partition coefficient (Wildman–Crippen LogP) is 0.328. The van der Waals surface area contributed by atoms with Crippen LogP contribution in [0.2, 0.25) is 0 Å². The lowest BCUT2D eigenvalue weighted by Crippen LogP contribution is -2.26. The molecular formula is C12H12O5. The number of carbonyl (C=O) groups excluding carboxylic acids is 1.